The van der Waals surface area contributed by atoms with Crippen LogP contribution in [0, 0.1) is 0 Å². The molecular weight excluding hydrogens is 272 g/mol. The summed E-state index contributed by atoms with van der Waals surface area (Å²) in [5.41, 5.74) is 1.70. The minimum Gasteiger partial charge on any atom is -0.478 e. The van der Waals surface area contributed by atoms with Crippen molar-refractivity contribution >= 4 is 5.97 Å². The Morgan fingerprint density at radius 3 is 2.81 bits per heavy atom. The highest BCUT2D eigenvalue weighted by Crippen LogP contribution is 2.18. The fourth-order valence-electron chi connectivity index (χ4n) is 1.97. The van der Waals surface area contributed by atoms with Gasteiger partial charge in [0.15, 0.2) is 0 Å². The van der Waals surface area contributed by atoms with Crippen LogP contribution in [0.2, 0.25) is 0 Å². The van der Waals surface area contributed by atoms with Gasteiger partial charge in [-0.15, -0.1) is 0 Å². The zero-order valence-corrected chi connectivity index (χ0v) is 10.7. The molecule has 0 aliphatic heterocycles. The van der Waals surface area contributed by atoms with E-state index in [4.69, 9.17) is 5.11 Å². The number of H-pyrrole nitrogens is 1. The van der Waals surface area contributed by atoms with Crippen LogP contribution < -0.4 is 5.56 Å². The molecule has 0 saturated carbocycles. The largest absolute Gasteiger partial charge is 0.478 e. The first-order valence-corrected chi connectivity index (χ1v) is 6.08. The number of aromatic nitrogens is 4. The summed E-state index contributed by atoms with van der Waals surface area (Å²) < 4.78 is 1.28. The lowest BCUT2D eigenvalue weighted by Crippen LogP contribution is -2.18. The van der Waals surface area contributed by atoms with E-state index in [0.717, 1.165) is 5.56 Å². The van der Waals surface area contributed by atoms with Crippen LogP contribution in [-0.2, 0) is 0 Å². The van der Waals surface area contributed by atoms with Gasteiger partial charge in [-0.3, -0.25) is 9.36 Å². The van der Waals surface area contributed by atoms with E-state index >= 15 is 0 Å². The van der Waals surface area contributed by atoms with Crippen molar-refractivity contribution in [2.24, 2.45) is 0 Å². The van der Waals surface area contributed by atoms with Crippen LogP contribution in [0.15, 0.2) is 53.6 Å². The molecule has 104 valence electrons. The molecule has 0 fully saturated rings. The third kappa shape index (κ3) is 2.44. The average Bonchev–Trinajstić information content (AvgIpc) is 3.02. The van der Waals surface area contributed by atoms with Crippen LogP contribution >= 0.6 is 0 Å². The molecule has 0 unspecified atom stereocenters. The maximum absolute atomic E-state index is 11.9. The van der Waals surface area contributed by atoms with Crippen molar-refractivity contribution in [1.82, 2.24) is 20.0 Å². The number of nitrogens with one attached hydrogen (secondary N) is 1. The fourth-order valence-corrected chi connectivity index (χ4v) is 1.97. The number of benzene rings is 1. The van der Waals surface area contributed by atoms with Gasteiger partial charge in [0.05, 0.1) is 11.8 Å². The van der Waals surface area contributed by atoms with E-state index in [-0.39, 0.29) is 11.1 Å². The number of rotatable bonds is 3. The normalized spacial score (nSPS) is 10.5. The third-order valence-corrected chi connectivity index (χ3v) is 2.99. The van der Waals surface area contributed by atoms with Crippen molar-refractivity contribution < 1.29 is 9.90 Å². The molecule has 0 bridgehead atoms. The molecule has 0 aliphatic rings. The number of aromatic amines is 1. The highest BCUT2D eigenvalue weighted by Gasteiger charge is 2.08. The molecule has 7 heteroatoms. The maximum atomic E-state index is 11.9. The Morgan fingerprint density at radius 1 is 1.24 bits per heavy atom. The lowest BCUT2D eigenvalue weighted by molar-refractivity contribution is 0.0696. The van der Waals surface area contributed by atoms with Gasteiger partial charge < -0.3 is 5.11 Å². The van der Waals surface area contributed by atoms with Crippen molar-refractivity contribution in [3.05, 3.63) is 64.7 Å². The van der Waals surface area contributed by atoms with E-state index in [1.54, 1.807) is 24.4 Å². The van der Waals surface area contributed by atoms with Crippen LogP contribution in [0.25, 0.3) is 16.9 Å². The van der Waals surface area contributed by atoms with Gasteiger partial charge in [-0.1, -0.05) is 12.1 Å². The van der Waals surface area contributed by atoms with E-state index < -0.39 is 5.97 Å². The molecule has 2 aromatic heterocycles. The Hall–Kier alpha value is -3.22. The smallest absolute Gasteiger partial charge is 0.337 e. The SMILES string of the molecule is O=C(O)c1ccc(=O)n(-c2cccc(-c3cn[nH]n3)c2)c1. The van der Waals surface area contributed by atoms with Gasteiger partial charge in [0.2, 0.25) is 0 Å². The topological polar surface area (TPSA) is 101 Å². The molecule has 21 heavy (non-hydrogen) atoms. The fraction of sp³-hybridized carbons (Fsp3) is 0. The monoisotopic (exact) mass is 282 g/mol. The molecule has 2 heterocycles. The van der Waals surface area contributed by atoms with Gasteiger partial charge in [-0.25, -0.2) is 4.79 Å². The zero-order valence-electron chi connectivity index (χ0n) is 10.7. The number of nitrogens with zero attached hydrogens (tertiary/aromatic N) is 3. The lowest BCUT2D eigenvalue weighted by Gasteiger charge is -2.07. The molecule has 1 aromatic carbocycles. The van der Waals surface area contributed by atoms with Gasteiger partial charge in [0, 0.05) is 23.5 Å². The summed E-state index contributed by atoms with van der Waals surface area (Å²) in [5.74, 6) is -1.09. The summed E-state index contributed by atoms with van der Waals surface area (Å²) in [7, 11) is 0. The van der Waals surface area contributed by atoms with Crippen LogP contribution in [-0.4, -0.2) is 31.1 Å². The van der Waals surface area contributed by atoms with Crippen LogP contribution in [0.4, 0.5) is 0 Å². The predicted molar refractivity (Wildman–Crippen MR) is 74.4 cm³/mol. The van der Waals surface area contributed by atoms with Gasteiger partial charge in [0.1, 0.15) is 5.69 Å². The number of aromatic carboxylic acids is 1. The molecule has 0 aliphatic carbocycles. The third-order valence-electron chi connectivity index (χ3n) is 2.99. The van der Waals surface area contributed by atoms with Gasteiger partial charge in [-0.05, 0) is 18.2 Å². The number of pyridine rings is 1. The quantitative estimate of drug-likeness (QED) is 0.754. The van der Waals surface area contributed by atoms with Crippen LogP contribution in [0.5, 0.6) is 0 Å². The Balaban J connectivity index is 2.13. The number of carboxylic acids is 1. The summed E-state index contributed by atoms with van der Waals surface area (Å²) in [6.45, 7) is 0. The Morgan fingerprint density at radius 2 is 2.10 bits per heavy atom. The second-order valence-corrected chi connectivity index (χ2v) is 4.34. The van der Waals surface area contributed by atoms with Gasteiger partial charge in [-0.2, -0.15) is 15.4 Å². The first-order valence-electron chi connectivity index (χ1n) is 6.08. The lowest BCUT2D eigenvalue weighted by atomic mass is 10.1. The number of carboxylic acid groups (broad SMARTS) is 1. The number of hydrogen-bond acceptors (Lipinski definition) is 4. The minimum atomic E-state index is -1.09. The van der Waals surface area contributed by atoms with Crippen molar-refractivity contribution in [1.29, 1.82) is 0 Å². The van der Waals surface area contributed by atoms with Crippen molar-refractivity contribution in [3.8, 4) is 16.9 Å². The zero-order chi connectivity index (χ0) is 14.8. The molecule has 0 atom stereocenters. The molecule has 7 nitrogen and oxygen atoms in total. The Kier molecular flexibility index (Phi) is 3.07. The van der Waals surface area contributed by atoms with E-state index in [2.05, 4.69) is 15.4 Å². The molecule has 0 radical (unpaired) electrons. The highest BCUT2D eigenvalue weighted by atomic mass is 16.4. The molecule has 3 aromatic rings. The van der Waals surface area contributed by atoms with Crippen molar-refractivity contribution in [2.75, 3.05) is 0 Å². The summed E-state index contributed by atoms with van der Waals surface area (Å²) >= 11 is 0. The summed E-state index contributed by atoms with van der Waals surface area (Å²) in [6.07, 6.45) is 2.86. The maximum Gasteiger partial charge on any atom is 0.337 e. The molecule has 2 N–H and O–H groups in total. The molecule has 0 amide bonds. The Bertz CT molecular complexity index is 853. The second-order valence-electron chi connectivity index (χ2n) is 4.34. The molecule has 0 saturated heterocycles. The van der Waals surface area contributed by atoms with Gasteiger partial charge in [0.25, 0.3) is 5.56 Å². The van der Waals surface area contributed by atoms with E-state index in [0.29, 0.717) is 11.4 Å². The van der Waals surface area contributed by atoms with E-state index in [9.17, 15) is 9.59 Å². The van der Waals surface area contributed by atoms with E-state index in [1.165, 1.54) is 22.9 Å². The predicted octanol–water partition coefficient (Wildman–Crippen LogP) is 1.32. The summed E-state index contributed by atoms with van der Waals surface area (Å²) in [4.78, 5) is 22.9. The Labute approximate surface area is 118 Å². The standard InChI is InChI=1S/C14H10N4O3/c19-13-5-4-10(14(20)21)8-18(13)11-3-1-2-9(6-11)12-7-15-17-16-12/h1-8H,(H,20,21)(H,15,16,17). The minimum absolute atomic E-state index is 0.0430. The molecule has 0 spiro atoms. The number of hydrogen-bond donors (Lipinski definition) is 2. The van der Waals surface area contributed by atoms with Crippen LogP contribution in [0.1, 0.15) is 10.4 Å². The van der Waals surface area contributed by atoms with Crippen molar-refractivity contribution in [3.63, 3.8) is 0 Å². The summed E-state index contributed by atoms with van der Waals surface area (Å²) in [6, 6.07) is 9.56. The van der Waals surface area contributed by atoms with Crippen LogP contribution in [0.3, 0.4) is 0 Å². The first-order chi connectivity index (χ1) is 10.1. The van der Waals surface area contributed by atoms with E-state index in [1.807, 2.05) is 6.07 Å². The number of carbonyl (C=O) groups is 1. The van der Waals surface area contributed by atoms with Crippen molar-refractivity contribution in [2.45, 2.75) is 0 Å². The highest BCUT2D eigenvalue weighted by molar-refractivity contribution is 5.87. The average molecular weight is 282 g/mol. The second kappa shape index (κ2) is 5.04. The first kappa shape index (κ1) is 12.8. The van der Waals surface area contributed by atoms with Gasteiger partial charge >= 0.3 is 5.97 Å². The molecule has 3 rings (SSSR count). The molecular formula is C14H10N4O3. The summed E-state index contributed by atoms with van der Waals surface area (Å²) in [5, 5.41) is 19.2.